The first-order valence-corrected chi connectivity index (χ1v) is 15.0. The number of carbonyl (C=O) groups is 1. The van der Waals surface area contributed by atoms with Gasteiger partial charge in [-0.05, 0) is 102 Å². The van der Waals surface area contributed by atoms with E-state index in [1.165, 1.54) is 57.8 Å². The first kappa shape index (κ1) is 25.5. The van der Waals surface area contributed by atoms with Crippen molar-refractivity contribution in [2.75, 3.05) is 20.6 Å². The Kier molecular flexibility index (Phi) is 8.08. The Hall–Kier alpha value is -1.14. The Morgan fingerprint density at radius 1 is 0.914 bits per heavy atom. The molecule has 5 aliphatic rings. The van der Waals surface area contributed by atoms with Crippen molar-refractivity contribution < 1.29 is 4.79 Å². The van der Waals surface area contributed by atoms with Gasteiger partial charge in [0.1, 0.15) is 0 Å². The van der Waals surface area contributed by atoms with Gasteiger partial charge in [0, 0.05) is 30.6 Å². The van der Waals surface area contributed by atoms with Crippen LogP contribution >= 0.6 is 0 Å². The number of likely N-dealkylation sites (tertiary alicyclic amines) is 1. The Labute approximate surface area is 213 Å². The molecule has 4 aliphatic carbocycles. The van der Waals surface area contributed by atoms with Crippen LogP contribution in [-0.2, 0) is 4.79 Å². The molecule has 1 heterocycles. The van der Waals surface area contributed by atoms with Gasteiger partial charge in [-0.3, -0.25) is 15.1 Å². The maximum Gasteiger partial charge on any atom is 0.237 e. The average Bonchev–Trinajstić information content (AvgIpc) is 3.22. The highest BCUT2D eigenvalue weighted by Gasteiger charge is 2.49. The molecule has 0 bridgehead atoms. The molecular formula is C29H51N5O. The van der Waals surface area contributed by atoms with Crippen LogP contribution in [0.25, 0.3) is 0 Å². The summed E-state index contributed by atoms with van der Waals surface area (Å²) in [5.74, 6) is 4.00. The Morgan fingerprint density at radius 2 is 1.66 bits per heavy atom. The summed E-state index contributed by atoms with van der Waals surface area (Å²) in [4.78, 5) is 18.8. The minimum absolute atomic E-state index is 0.0197. The lowest BCUT2D eigenvalue weighted by Crippen LogP contribution is -2.53. The summed E-state index contributed by atoms with van der Waals surface area (Å²) in [5.41, 5.74) is 6.00. The van der Waals surface area contributed by atoms with E-state index >= 15 is 0 Å². The van der Waals surface area contributed by atoms with Gasteiger partial charge in [-0.2, -0.15) is 0 Å². The Bertz CT molecular complexity index is 745. The third kappa shape index (κ3) is 5.58. The summed E-state index contributed by atoms with van der Waals surface area (Å²) in [7, 11) is 4.36. The van der Waals surface area contributed by atoms with Crippen molar-refractivity contribution in [3.63, 3.8) is 0 Å². The van der Waals surface area contributed by atoms with Crippen LogP contribution in [-0.4, -0.2) is 66.4 Å². The first-order valence-electron chi connectivity index (χ1n) is 15.0. The second-order valence-electron chi connectivity index (χ2n) is 13.1. The number of fused-ring (bicyclic) bond motifs is 2. The molecule has 1 aliphatic heterocycles. The van der Waals surface area contributed by atoms with E-state index in [0.29, 0.717) is 35.8 Å². The largest absolute Gasteiger partial charge is 0.387 e. The van der Waals surface area contributed by atoms with E-state index < -0.39 is 0 Å². The maximum atomic E-state index is 13.8. The van der Waals surface area contributed by atoms with Crippen molar-refractivity contribution in [2.24, 2.45) is 35.3 Å². The topological polar surface area (TPSA) is 85.5 Å². The number of nitrogens with zero attached hydrogens (tertiary/aromatic N) is 2. The minimum Gasteiger partial charge on any atom is -0.387 e. The van der Waals surface area contributed by atoms with E-state index in [4.69, 9.17) is 11.1 Å². The van der Waals surface area contributed by atoms with Gasteiger partial charge in [0.2, 0.25) is 5.91 Å². The van der Waals surface area contributed by atoms with Crippen molar-refractivity contribution >= 4 is 11.7 Å². The summed E-state index contributed by atoms with van der Waals surface area (Å²) < 4.78 is 0. The second-order valence-corrected chi connectivity index (χ2v) is 13.1. The zero-order valence-electron chi connectivity index (χ0n) is 22.4. The molecule has 198 valence electrons. The molecular weight excluding hydrogens is 434 g/mol. The van der Waals surface area contributed by atoms with Crippen molar-refractivity contribution in [3.8, 4) is 0 Å². The van der Waals surface area contributed by atoms with Crippen LogP contribution in [0.15, 0.2) is 0 Å². The average molecular weight is 486 g/mol. The van der Waals surface area contributed by atoms with Gasteiger partial charge in [0.05, 0.1) is 11.9 Å². The molecule has 0 spiro atoms. The van der Waals surface area contributed by atoms with E-state index in [9.17, 15) is 4.79 Å². The van der Waals surface area contributed by atoms with Crippen LogP contribution in [0.3, 0.4) is 0 Å². The van der Waals surface area contributed by atoms with E-state index in [-0.39, 0.29) is 12.0 Å². The number of nitrogens with one attached hydrogen (secondary N) is 2. The minimum atomic E-state index is 0.0197. The predicted molar refractivity (Wildman–Crippen MR) is 142 cm³/mol. The highest BCUT2D eigenvalue weighted by Crippen LogP contribution is 2.47. The molecule has 0 aromatic carbocycles. The molecule has 0 radical (unpaired) electrons. The van der Waals surface area contributed by atoms with Gasteiger partial charge in [0.15, 0.2) is 0 Å². The molecule has 6 nitrogen and oxygen atoms in total. The molecule has 7 unspecified atom stereocenters. The number of amidine groups is 1. The van der Waals surface area contributed by atoms with E-state index in [0.717, 1.165) is 62.8 Å². The van der Waals surface area contributed by atoms with Crippen molar-refractivity contribution in [2.45, 2.75) is 120 Å². The van der Waals surface area contributed by atoms with Gasteiger partial charge >= 0.3 is 0 Å². The third-order valence-electron chi connectivity index (χ3n) is 11.0. The number of nitrogens with two attached hydrogens (primary N) is 1. The van der Waals surface area contributed by atoms with Crippen LogP contribution in [0.4, 0.5) is 0 Å². The summed E-state index contributed by atoms with van der Waals surface area (Å²) in [6, 6.07) is 1.45. The van der Waals surface area contributed by atoms with E-state index in [1.54, 1.807) is 0 Å². The molecule has 4 saturated carbocycles. The van der Waals surface area contributed by atoms with Gasteiger partial charge in [-0.25, -0.2) is 0 Å². The fourth-order valence-corrected chi connectivity index (χ4v) is 8.95. The van der Waals surface area contributed by atoms with Crippen LogP contribution in [0.5, 0.6) is 0 Å². The summed E-state index contributed by atoms with van der Waals surface area (Å²) in [6.45, 7) is 1.10. The van der Waals surface area contributed by atoms with Crippen LogP contribution in [0.1, 0.15) is 96.3 Å². The smallest absolute Gasteiger partial charge is 0.237 e. The van der Waals surface area contributed by atoms with Crippen LogP contribution in [0.2, 0.25) is 0 Å². The third-order valence-corrected chi connectivity index (χ3v) is 11.0. The fourth-order valence-electron chi connectivity index (χ4n) is 8.95. The van der Waals surface area contributed by atoms with Gasteiger partial charge in [-0.1, -0.05) is 32.1 Å². The lowest BCUT2D eigenvalue weighted by atomic mass is 9.65. The van der Waals surface area contributed by atoms with Gasteiger partial charge < -0.3 is 16.0 Å². The lowest BCUT2D eigenvalue weighted by Gasteiger charge is -2.45. The quantitative estimate of drug-likeness (QED) is 0.385. The molecule has 0 aromatic heterocycles. The van der Waals surface area contributed by atoms with Crippen molar-refractivity contribution in [1.29, 1.82) is 5.41 Å². The molecule has 5 fully saturated rings. The first-order chi connectivity index (χ1) is 16.9. The lowest BCUT2D eigenvalue weighted by molar-refractivity contribution is -0.127. The SMILES string of the molecule is CN(C)C1CCC(NC(=O)C2CC3CCC(C(=N)N)CC3N2CC2CCCC3CCCCC32)CC1. The van der Waals surface area contributed by atoms with Gasteiger partial charge in [0.25, 0.3) is 0 Å². The number of carbonyl (C=O) groups excluding carboxylic acids is 1. The molecule has 1 amide bonds. The monoisotopic (exact) mass is 485 g/mol. The number of hydrogen-bond acceptors (Lipinski definition) is 4. The molecule has 1 saturated heterocycles. The maximum absolute atomic E-state index is 13.8. The zero-order valence-corrected chi connectivity index (χ0v) is 22.4. The molecule has 0 aromatic rings. The molecule has 4 N–H and O–H groups in total. The fraction of sp³-hybridized carbons (Fsp3) is 0.931. The van der Waals surface area contributed by atoms with Gasteiger partial charge in [-0.15, -0.1) is 0 Å². The summed E-state index contributed by atoms with van der Waals surface area (Å²) >= 11 is 0. The normalized spacial score (nSPS) is 42.3. The number of amides is 1. The Balaban J connectivity index is 1.29. The van der Waals surface area contributed by atoms with Crippen molar-refractivity contribution in [3.05, 3.63) is 0 Å². The van der Waals surface area contributed by atoms with E-state index in [1.807, 2.05) is 0 Å². The molecule has 7 atom stereocenters. The van der Waals surface area contributed by atoms with Crippen LogP contribution < -0.4 is 11.1 Å². The van der Waals surface area contributed by atoms with E-state index in [2.05, 4.69) is 29.2 Å². The molecule has 6 heteroatoms. The van der Waals surface area contributed by atoms with Crippen LogP contribution in [0, 0.1) is 35.0 Å². The number of hydrogen-bond donors (Lipinski definition) is 3. The highest BCUT2D eigenvalue weighted by atomic mass is 16.2. The standard InChI is InChI=1S/C29H51N5O/c1-33(2)24-14-12-23(13-15-24)32-29(35)27-16-20-10-11-21(28(30)31)17-26(20)34(27)18-22-8-5-7-19-6-3-4-9-25(19)22/h19-27H,3-18H2,1-2H3,(H3,30,31)(H,32,35). The molecule has 5 rings (SSSR count). The van der Waals surface area contributed by atoms with Crippen molar-refractivity contribution in [1.82, 2.24) is 15.1 Å². The highest BCUT2D eigenvalue weighted by molar-refractivity contribution is 5.83. The summed E-state index contributed by atoms with van der Waals surface area (Å²) in [6.07, 6.45) is 18.5. The number of rotatable bonds is 6. The zero-order chi connectivity index (χ0) is 24.5. The Morgan fingerprint density at radius 3 is 2.40 bits per heavy atom. The molecule has 35 heavy (non-hydrogen) atoms. The predicted octanol–water partition coefficient (Wildman–Crippen LogP) is 4.38. The second kappa shape index (κ2) is 11.1. The summed E-state index contributed by atoms with van der Waals surface area (Å²) in [5, 5.41) is 11.6.